The van der Waals surface area contributed by atoms with Crippen LogP contribution in [-0.2, 0) is 4.79 Å². The molecule has 0 aliphatic carbocycles. The molecule has 0 spiro atoms. The van der Waals surface area contributed by atoms with Crippen molar-refractivity contribution in [2.45, 2.75) is 19.3 Å². The lowest BCUT2D eigenvalue weighted by Crippen LogP contribution is -2.35. The van der Waals surface area contributed by atoms with E-state index in [1.54, 1.807) is 6.20 Å². The molecule has 2 heterocycles. The minimum Gasteiger partial charge on any atom is -0.370 e. The molecule has 1 fully saturated rings. The Morgan fingerprint density at radius 2 is 2.20 bits per heavy atom. The van der Waals surface area contributed by atoms with Crippen LogP contribution in [0.4, 0.5) is 11.5 Å². The first-order chi connectivity index (χ1) is 9.47. The monoisotopic (exact) mass is 342 g/mol. The molecule has 1 aromatic rings. The van der Waals surface area contributed by atoms with Crippen molar-refractivity contribution in [1.29, 1.82) is 0 Å². The molecule has 0 radical (unpaired) electrons. The van der Waals surface area contributed by atoms with Gasteiger partial charge in [-0.15, -0.1) is 0 Å². The van der Waals surface area contributed by atoms with E-state index in [9.17, 15) is 14.9 Å². The lowest BCUT2D eigenvalue weighted by molar-refractivity contribution is -0.384. The summed E-state index contributed by atoms with van der Waals surface area (Å²) in [7, 11) is 0. The third-order valence-electron chi connectivity index (χ3n) is 3.41. The van der Waals surface area contributed by atoms with Gasteiger partial charge < -0.3 is 10.6 Å². The molecule has 2 N–H and O–H groups in total. The molecule has 2 rings (SSSR count). The fraction of sp³-hybridized carbons (Fsp3) is 0.500. The Labute approximate surface area is 124 Å². The van der Waals surface area contributed by atoms with E-state index in [-0.39, 0.29) is 17.5 Å². The molecule has 0 aromatic carbocycles. The second-order valence-corrected chi connectivity index (χ2v) is 5.77. The number of nitrogens with two attached hydrogens (primary N) is 1. The Balaban J connectivity index is 2.11. The first kappa shape index (κ1) is 14.7. The highest BCUT2D eigenvalue weighted by atomic mass is 79.9. The normalized spacial score (nSPS) is 16.1. The maximum absolute atomic E-state index is 11.1. The van der Waals surface area contributed by atoms with Crippen LogP contribution in [0.3, 0.4) is 0 Å². The third kappa shape index (κ3) is 3.44. The maximum atomic E-state index is 11.1. The van der Waals surface area contributed by atoms with Crippen LogP contribution in [0, 0.1) is 16.0 Å². The molecule has 1 aromatic heterocycles. The summed E-state index contributed by atoms with van der Waals surface area (Å²) in [5.74, 6) is 0.352. The van der Waals surface area contributed by atoms with Crippen LogP contribution in [-0.4, -0.2) is 28.9 Å². The van der Waals surface area contributed by atoms with Gasteiger partial charge in [0.1, 0.15) is 0 Å². The number of hydrogen-bond acceptors (Lipinski definition) is 5. The van der Waals surface area contributed by atoms with Crippen molar-refractivity contribution in [2.24, 2.45) is 11.7 Å². The van der Waals surface area contributed by atoms with E-state index in [0.29, 0.717) is 29.8 Å². The largest absolute Gasteiger partial charge is 0.370 e. The average Bonchev–Trinajstić information content (AvgIpc) is 2.39. The lowest BCUT2D eigenvalue weighted by Gasteiger charge is -2.31. The first-order valence-electron chi connectivity index (χ1n) is 6.30. The van der Waals surface area contributed by atoms with Crippen LogP contribution < -0.4 is 10.6 Å². The summed E-state index contributed by atoms with van der Waals surface area (Å²) in [6.07, 6.45) is 3.51. The van der Waals surface area contributed by atoms with Gasteiger partial charge in [0, 0.05) is 36.2 Å². The Morgan fingerprint density at radius 3 is 2.75 bits per heavy atom. The number of carbonyl (C=O) groups is 1. The van der Waals surface area contributed by atoms with E-state index < -0.39 is 4.92 Å². The van der Waals surface area contributed by atoms with Crippen LogP contribution in [0.2, 0.25) is 0 Å². The van der Waals surface area contributed by atoms with Crippen LogP contribution in [0.1, 0.15) is 19.3 Å². The molecular weight excluding hydrogens is 328 g/mol. The van der Waals surface area contributed by atoms with Crippen molar-refractivity contribution in [3.8, 4) is 0 Å². The molecule has 1 aliphatic rings. The van der Waals surface area contributed by atoms with Crippen LogP contribution in [0.25, 0.3) is 0 Å². The Kier molecular flexibility index (Phi) is 4.53. The standard InChI is InChI=1S/C12H15BrN4O3/c13-9-6-10(17(19)20)12(15-7-9)16-3-1-8(2-4-16)5-11(14)18/h6-8H,1-5H2,(H2,14,18). The van der Waals surface area contributed by atoms with Crippen LogP contribution in [0.5, 0.6) is 0 Å². The highest BCUT2D eigenvalue weighted by Gasteiger charge is 2.26. The highest BCUT2D eigenvalue weighted by molar-refractivity contribution is 9.10. The van der Waals surface area contributed by atoms with Gasteiger partial charge in [-0.1, -0.05) is 0 Å². The molecular formula is C12H15BrN4O3. The number of piperidine rings is 1. The number of carbonyl (C=O) groups excluding carboxylic acids is 1. The number of primary amides is 1. The summed E-state index contributed by atoms with van der Waals surface area (Å²) in [6.45, 7) is 1.29. The van der Waals surface area contributed by atoms with Crippen molar-refractivity contribution in [3.63, 3.8) is 0 Å². The second-order valence-electron chi connectivity index (χ2n) is 4.85. The maximum Gasteiger partial charge on any atom is 0.312 e. The van der Waals surface area contributed by atoms with Crippen molar-refractivity contribution in [1.82, 2.24) is 4.98 Å². The van der Waals surface area contributed by atoms with Gasteiger partial charge in [0.2, 0.25) is 11.7 Å². The third-order valence-corrected chi connectivity index (χ3v) is 3.85. The van der Waals surface area contributed by atoms with Gasteiger partial charge in [0.15, 0.2) is 0 Å². The molecule has 20 heavy (non-hydrogen) atoms. The summed E-state index contributed by atoms with van der Waals surface area (Å²) in [5.41, 5.74) is 5.18. The minimum atomic E-state index is -0.428. The Hall–Kier alpha value is -1.70. The molecule has 1 saturated heterocycles. The van der Waals surface area contributed by atoms with Crippen molar-refractivity contribution < 1.29 is 9.72 Å². The molecule has 0 saturated carbocycles. The number of aromatic nitrogens is 1. The number of halogens is 1. The lowest BCUT2D eigenvalue weighted by atomic mass is 9.93. The zero-order chi connectivity index (χ0) is 14.7. The van der Waals surface area contributed by atoms with E-state index in [0.717, 1.165) is 12.8 Å². The van der Waals surface area contributed by atoms with E-state index in [1.165, 1.54) is 6.07 Å². The number of anilines is 1. The predicted octanol–water partition coefficient (Wildman–Crippen LogP) is 1.84. The number of amides is 1. The topological polar surface area (TPSA) is 102 Å². The first-order valence-corrected chi connectivity index (χ1v) is 7.10. The van der Waals surface area contributed by atoms with Gasteiger partial charge in [-0.25, -0.2) is 4.98 Å². The highest BCUT2D eigenvalue weighted by Crippen LogP contribution is 2.31. The molecule has 1 amide bonds. The second kappa shape index (κ2) is 6.17. The summed E-state index contributed by atoms with van der Waals surface area (Å²) in [6, 6.07) is 1.46. The molecule has 7 nitrogen and oxygen atoms in total. The zero-order valence-corrected chi connectivity index (χ0v) is 12.4. The van der Waals surface area contributed by atoms with E-state index in [2.05, 4.69) is 20.9 Å². The van der Waals surface area contributed by atoms with Crippen molar-refractivity contribution in [3.05, 3.63) is 26.9 Å². The van der Waals surface area contributed by atoms with Crippen molar-refractivity contribution >= 4 is 33.3 Å². The minimum absolute atomic E-state index is 0.00673. The molecule has 1 aliphatic heterocycles. The van der Waals surface area contributed by atoms with Gasteiger partial charge in [-0.05, 0) is 34.7 Å². The Bertz CT molecular complexity index is 529. The van der Waals surface area contributed by atoms with Gasteiger partial charge in [0.25, 0.3) is 0 Å². The number of hydrogen-bond donors (Lipinski definition) is 1. The molecule has 0 bridgehead atoms. The SMILES string of the molecule is NC(=O)CC1CCN(c2ncc(Br)cc2[N+](=O)[O-])CC1. The van der Waals surface area contributed by atoms with Gasteiger partial charge in [-0.3, -0.25) is 14.9 Å². The fourth-order valence-corrected chi connectivity index (χ4v) is 2.75. The average molecular weight is 343 g/mol. The number of pyridine rings is 1. The quantitative estimate of drug-likeness (QED) is 0.664. The van der Waals surface area contributed by atoms with Crippen LogP contribution >= 0.6 is 15.9 Å². The zero-order valence-electron chi connectivity index (χ0n) is 10.8. The van der Waals surface area contributed by atoms with E-state index in [1.807, 2.05) is 4.90 Å². The molecule has 108 valence electrons. The van der Waals surface area contributed by atoms with Gasteiger partial charge >= 0.3 is 5.69 Å². The predicted molar refractivity (Wildman–Crippen MR) is 77.3 cm³/mol. The van der Waals surface area contributed by atoms with E-state index >= 15 is 0 Å². The summed E-state index contributed by atoms with van der Waals surface area (Å²) in [5, 5.41) is 11.1. The van der Waals surface area contributed by atoms with Crippen molar-refractivity contribution in [2.75, 3.05) is 18.0 Å². The van der Waals surface area contributed by atoms with E-state index in [4.69, 9.17) is 5.73 Å². The number of nitrogens with zero attached hydrogens (tertiary/aromatic N) is 3. The summed E-state index contributed by atoms with van der Waals surface area (Å²) >= 11 is 3.19. The number of rotatable bonds is 4. The Morgan fingerprint density at radius 1 is 1.55 bits per heavy atom. The summed E-state index contributed by atoms with van der Waals surface area (Å²) in [4.78, 5) is 27.6. The number of nitro groups is 1. The summed E-state index contributed by atoms with van der Waals surface area (Å²) < 4.78 is 0.580. The molecule has 0 atom stereocenters. The fourth-order valence-electron chi connectivity index (χ4n) is 2.43. The smallest absolute Gasteiger partial charge is 0.312 e. The van der Waals surface area contributed by atoms with Crippen LogP contribution in [0.15, 0.2) is 16.7 Å². The van der Waals surface area contributed by atoms with Gasteiger partial charge in [-0.2, -0.15) is 0 Å². The molecule has 0 unspecified atom stereocenters. The molecule has 8 heteroatoms. The van der Waals surface area contributed by atoms with Gasteiger partial charge in [0.05, 0.1) is 4.92 Å².